The highest BCUT2D eigenvalue weighted by Gasteiger charge is 2.15. The summed E-state index contributed by atoms with van der Waals surface area (Å²) < 4.78 is 10.0. The predicted molar refractivity (Wildman–Crippen MR) is 108 cm³/mol. The van der Waals surface area contributed by atoms with E-state index in [0.717, 1.165) is 27.8 Å². The van der Waals surface area contributed by atoms with Crippen LogP contribution in [0.25, 0.3) is 11.1 Å². The minimum atomic E-state index is -0.270. The molecule has 1 aromatic heterocycles. The number of aromatic nitrogens is 1. The monoisotopic (exact) mass is 384 g/mol. The van der Waals surface area contributed by atoms with Crippen LogP contribution in [0.2, 0.25) is 0 Å². The van der Waals surface area contributed by atoms with Gasteiger partial charge < -0.3 is 14.4 Å². The molecule has 0 atom stereocenters. The van der Waals surface area contributed by atoms with Crippen LogP contribution in [0.4, 0.5) is 0 Å². The molecule has 0 N–H and O–H groups in total. The van der Waals surface area contributed by atoms with E-state index in [9.17, 15) is 9.59 Å². The fourth-order valence-corrected chi connectivity index (χ4v) is 3.04. The number of aryl methyl sites for hydroxylation is 1. The summed E-state index contributed by atoms with van der Waals surface area (Å²) in [4.78, 5) is 30.1. The summed E-state index contributed by atoms with van der Waals surface area (Å²) in [5.41, 5.74) is 4.84. The van der Waals surface area contributed by atoms with Crippen LogP contribution in [0.5, 0.6) is 0 Å². The first-order chi connectivity index (χ1) is 13.5. The van der Waals surface area contributed by atoms with Gasteiger partial charge in [-0.05, 0) is 43.5 Å². The summed E-state index contributed by atoms with van der Waals surface area (Å²) in [6, 6.07) is 8.09. The van der Waals surface area contributed by atoms with Gasteiger partial charge in [0.25, 0.3) is 0 Å². The Hall–Kier alpha value is -2.73. The van der Waals surface area contributed by atoms with Gasteiger partial charge in [-0.25, -0.2) is 0 Å². The van der Waals surface area contributed by atoms with Crippen molar-refractivity contribution in [2.24, 2.45) is 0 Å². The van der Waals surface area contributed by atoms with Crippen LogP contribution >= 0.6 is 0 Å². The molecule has 1 aromatic carbocycles. The molecule has 0 aliphatic carbocycles. The lowest BCUT2D eigenvalue weighted by molar-refractivity contribution is -0.142. The van der Waals surface area contributed by atoms with E-state index in [0.29, 0.717) is 19.7 Å². The molecule has 28 heavy (non-hydrogen) atoms. The van der Waals surface area contributed by atoms with Crippen molar-refractivity contribution < 1.29 is 19.1 Å². The number of rotatable bonds is 9. The van der Waals surface area contributed by atoms with E-state index in [1.807, 2.05) is 32.0 Å². The molecule has 0 radical (unpaired) electrons. The number of amides is 1. The van der Waals surface area contributed by atoms with E-state index in [1.165, 1.54) is 7.11 Å². The molecule has 6 heteroatoms. The van der Waals surface area contributed by atoms with Crippen molar-refractivity contribution in [2.75, 3.05) is 26.9 Å². The van der Waals surface area contributed by atoms with Crippen molar-refractivity contribution in [3.8, 4) is 11.1 Å². The molecule has 1 heterocycles. The number of ether oxygens (including phenoxy) is 2. The molecule has 0 saturated heterocycles. The molecule has 1 amide bonds. The van der Waals surface area contributed by atoms with Crippen LogP contribution in [0.3, 0.4) is 0 Å². The largest absolute Gasteiger partial charge is 0.466 e. The van der Waals surface area contributed by atoms with Gasteiger partial charge in [-0.3, -0.25) is 14.6 Å². The van der Waals surface area contributed by atoms with Crippen LogP contribution in [0.1, 0.15) is 30.5 Å². The first-order valence-electron chi connectivity index (χ1n) is 9.44. The molecule has 0 aliphatic heterocycles. The topological polar surface area (TPSA) is 68.7 Å². The predicted octanol–water partition coefficient (Wildman–Crippen LogP) is 3.16. The van der Waals surface area contributed by atoms with Gasteiger partial charge in [0.15, 0.2) is 0 Å². The Morgan fingerprint density at radius 1 is 1.14 bits per heavy atom. The third-order valence-electron chi connectivity index (χ3n) is 4.38. The fourth-order valence-electron chi connectivity index (χ4n) is 3.04. The van der Waals surface area contributed by atoms with Gasteiger partial charge in [-0.15, -0.1) is 0 Å². The zero-order valence-corrected chi connectivity index (χ0v) is 17.0. The van der Waals surface area contributed by atoms with E-state index in [-0.39, 0.29) is 24.9 Å². The minimum Gasteiger partial charge on any atom is -0.466 e. The molecule has 0 spiro atoms. The SMILES string of the molecule is CCOC(=O)Cc1cncc(-c2ccc(C)cc2CN(CC)C(=O)COC)c1. The van der Waals surface area contributed by atoms with E-state index in [1.54, 1.807) is 24.2 Å². The standard InChI is InChI=1S/C22H28N2O4/c1-5-24(21(25)15-27-4)14-19-9-16(3)7-8-20(19)18-10-17(12-23-13-18)11-22(26)28-6-2/h7-10,12-13H,5-6,11,14-15H2,1-4H3. The van der Waals surface area contributed by atoms with Crippen LogP contribution < -0.4 is 0 Å². The highest BCUT2D eigenvalue weighted by molar-refractivity contribution is 5.78. The van der Waals surface area contributed by atoms with Gasteiger partial charge in [0, 0.05) is 38.2 Å². The Morgan fingerprint density at radius 2 is 1.93 bits per heavy atom. The Morgan fingerprint density at radius 3 is 2.61 bits per heavy atom. The first kappa shape index (κ1) is 21.6. The number of esters is 1. The van der Waals surface area contributed by atoms with Crippen LogP contribution in [0, 0.1) is 6.92 Å². The van der Waals surface area contributed by atoms with Crippen LogP contribution in [-0.2, 0) is 32.0 Å². The van der Waals surface area contributed by atoms with Crippen LogP contribution in [-0.4, -0.2) is 48.6 Å². The zero-order valence-electron chi connectivity index (χ0n) is 17.0. The second kappa shape index (κ2) is 10.6. The average Bonchev–Trinajstić information content (AvgIpc) is 2.66. The smallest absolute Gasteiger partial charge is 0.310 e. The molecule has 0 fully saturated rings. The summed E-state index contributed by atoms with van der Waals surface area (Å²) in [7, 11) is 1.52. The maximum absolute atomic E-state index is 12.3. The molecular weight excluding hydrogens is 356 g/mol. The van der Waals surface area contributed by atoms with Crippen molar-refractivity contribution >= 4 is 11.9 Å². The number of carbonyl (C=O) groups excluding carboxylic acids is 2. The Kier molecular flexibility index (Phi) is 8.14. The van der Waals surface area contributed by atoms with Crippen LogP contribution in [0.15, 0.2) is 36.7 Å². The molecule has 2 rings (SSSR count). The number of carbonyl (C=O) groups is 2. The molecule has 0 aliphatic rings. The maximum atomic E-state index is 12.3. The van der Waals surface area contributed by atoms with Gasteiger partial charge in [0.1, 0.15) is 6.61 Å². The second-order valence-corrected chi connectivity index (χ2v) is 6.57. The lowest BCUT2D eigenvalue weighted by atomic mass is 9.97. The Labute approximate surface area is 166 Å². The third-order valence-corrected chi connectivity index (χ3v) is 4.38. The summed E-state index contributed by atoms with van der Waals surface area (Å²) in [5, 5.41) is 0. The number of pyridine rings is 1. The number of hydrogen-bond acceptors (Lipinski definition) is 5. The van der Waals surface area contributed by atoms with Gasteiger partial charge in [0.2, 0.25) is 5.91 Å². The summed E-state index contributed by atoms with van der Waals surface area (Å²) >= 11 is 0. The van der Waals surface area contributed by atoms with E-state index in [2.05, 4.69) is 11.1 Å². The van der Waals surface area contributed by atoms with E-state index < -0.39 is 0 Å². The van der Waals surface area contributed by atoms with E-state index >= 15 is 0 Å². The molecule has 2 aromatic rings. The van der Waals surface area contributed by atoms with Crippen molar-refractivity contribution in [2.45, 2.75) is 33.7 Å². The first-order valence-corrected chi connectivity index (χ1v) is 9.44. The van der Waals surface area contributed by atoms with Gasteiger partial charge >= 0.3 is 5.97 Å². The summed E-state index contributed by atoms with van der Waals surface area (Å²) in [5.74, 6) is -0.320. The maximum Gasteiger partial charge on any atom is 0.310 e. The minimum absolute atomic E-state index is 0.0494. The number of likely N-dealkylation sites (N-methyl/N-ethyl adjacent to an activating group) is 1. The number of nitrogens with zero attached hydrogens (tertiary/aromatic N) is 2. The summed E-state index contributed by atoms with van der Waals surface area (Å²) in [6.07, 6.45) is 3.63. The fraction of sp³-hybridized carbons (Fsp3) is 0.409. The highest BCUT2D eigenvalue weighted by atomic mass is 16.5. The van der Waals surface area contributed by atoms with Gasteiger partial charge in [-0.2, -0.15) is 0 Å². The molecule has 0 unspecified atom stereocenters. The number of benzene rings is 1. The van der Waals surface area contributed by atoms with Gasteiger partial charge in [-0.1, -0.05) is 23.8 Å². The molecular formula is C22H28N2O4. The average molecular weight is 384 g/mol. The molecule has 150 valence electrons. The lowest BCUT2D eigenvalue weighted by Crippen LogP contribution is -2.33. The Balaban J connectivity index is 2.33. The zero-order chi connectivity index (χ0) is 20.5. The Bertz CT molecular complexity index is 820. The summed E-state index contributed by atoms with van der Waals surface area (Å²) in [6.45, 7) is 7.26. The molecule has 6 nitrogen and oxygen atoms in total. The molecule has 0 bridgehead atoms. The van der Waals surface area contributed by atoms with Crippen molar-refractivity contribution in [3.63, 3.8) is 0 Å². The number of hydrogen-bond donors (Lipinski definition) is 0. The normalized spacial score (nSPS) is 10.6. The lowest BCUT2D eigenvalue weighted by Gasteiger charge is -2.22. The highest BCUT2D eigenvalue weighted by Crippen LogP contribution is 2.26. The van der Waals surface area contributed by atoms with Gasteiger partial charge in [0.05, 0.1) is 13.0 Å². The van der Waals surface area contributed by atoms with Crippen molar-refractivity contribution in [1.29, 1.82) is 0 Å². The van der Waals surface area contributed by atoms with E-state index in [4.69, 9.17) is 9.47 Å². The van der Waals surface area contributed by atoms with Crippen molar-refractivity contribution in [1.82, 2.24) is 9.88 Å². The quantitative estimate of drug-likeness (QED) is 0.621. The third kappa shape index (κ3) is 5.89. The number of methoxy groups -OCH3 is 1. The molecule has 0 saturated carbocycles. The second-order valence-electron chi connectivity index (χ2n) is 6.57. The van der Waals surface area contributed by atoms with Crippen molar-refractivity contribution in [3.05, 3.63) is 53.3 Å².